The Morgan fingerprint density at radius 1 is 1.12 bits per heavy atom. The van der Waals surface area contributed by atoms with Gasteiger partial charge in [-0.1, -0.05) is 23.2 Å². The lowest BCUT2D eigenvalue weighted by Gasteiger charge is -2.14. The van der Waals surface area contributed by atoms with Crippen molar-refractivity contribution in [3.63, 3.8) is 0 Å². The maximum Gasteiger partial charge on any atom is 0.389 e. The Labute approximate surface area is 113 Å². The molecule has 2 N–H and O–H groups in total. The summed E-state index contributed by atoms with van der Waals surface area (Å²) in [5.74, 6) is 0. The quantitative estimate of drug-likeness (QED) is 0.856. The molecule has 1 nitrogen and oxygen atoms in total. The Kier molecular flexibility index (Phi) is 6.62. The largest absolute Gasteiger partial charge is 0.389 e. The normalized spacial score (nSPS) is 13.1. The van der Waals surface area contributed by atoms with Crippen LogP contribution in [0, 0.1) is 0 Å². The van der Waals surface area contributed by atoms with E-state index in [9.17, 15) is 13.2 Å². The molecule has 0 radical (unpaired) electrons. The van der Waals surface area contributed by atoms with Crippen LogP contribution in [0.2, 0.25) is 10.0 Å². The third-order valence-electron chi connectivity index (χ3n) is 2.05. The van der Waals surface area contributed by atoms with Gasteiger partial charge in [-0.25, -0.2) is 0 Å². The van der Waals surface area contributed by atoms with E-state index in [1.165, 1.54) is 18.2 Å². The van der Waals surface area contributed by atoms with E-state index >= 15 is 0 Å². The molecule has 1 aromatic carbocycles. The van der Waals surface area contributed by atoms with E-state index in [2.05, 4.69) is 0 Å². The van der Waals surface area contributed by atoms with Crippen molar-refractivity contribution in [3.05, 3.63) is 33.8 Å². The zero-order valence-electron chi connectivity index (χ0n) is 8.60. The number of hydrogen-bond acceptors (Lipinski definition) is 1. The lowest BCUT2D eigenvalue weighted by molar-refractivity contribution is -0.136. The predicted molar refractivity (Wildman–Crippen MR) is 65.9 cm³/mol. The highest BCUT2D eigenvalue weighted by molar-refractivity contribution is 6.34. The standard InChI is InChI=1S/C10H10Cl2F3N.ClH/c11-7-3-6(4-8(12)5-7)9(16)1-2-10(13,14)15;/h3-5,9H,1-2,16H2;1H/t9-;/m1./s1. The summed E-state index contributed by atoms with van der Waals surface area (Å²) in [6, 6.07) is 3.84. The van der Waals surface area contributed by atoms with Gasteiger partial charge in [0.2, 0.25) is 0 Å². The zero-order chi connectivity index (χ0) is 12.3. The van der Waals surface area contributed by atoms with Crippen LogP contribution in [0.5, 0.6) is 0 Å². The maximum atomic E-state index is 12.0. The van der Waals surface area contributed by atoms with Gasteiger partial charge in [0.05, 0.1) is 0 Å². The van der Waals surface area contributed by atoms with E-state index < -0.39 is 18.6 Å². The minimum atomic E-state index is -4.19. The van der Waals surface area contributed by atoms with Gasteiger partial charge in [0.25, 0.3) is 0 Å². The molecule has 1 atom stereocenters. The smallest absolute Gasteiger partial charge is 0.324 e. The summed E-state index contributed by atoms with van der Waals surface area (Å²) in [7, 11) is 0. The van der Waals surface area contributed by atoms with Crippen molar-refractivity contribution in [2.45, 2.75) is 25.1 Å². The molecule has 1 rings (SSSR count). The molecule has 17 heavy (non-hydrogen) atoms. The first-order valence-electron chi connectivity index (χ1n) is 4.56. The van der Waals surface area contributed by atoms with Gasteiger partial charge in [-0.3, -0.25) is 0 Å². The predicted octanol–water partition coefficient (Wildman–Crippen LogP) is 4.76. The third kappa shape index (κ3) is 6.36. The maximum absolute atomic E-state index is 12.0. The fourth-order valence-electron chi connectivity index (χ4n) is 1.28. The van der Waals surface area contributed by atoms with Gasteiger partial charge in [0.1, 0.15) is 0 Å². The van der Waals surface area contributed by atoms with Crippen LogP contribution in [0.4, 0.5) is 13.2 Å². The number of rotatable bonds is 3. The van der Waals surface area contributed by atoms with E-state index in [0.29, 0.717) is 15.6 Å². The molecule has 7 heteroatoms. The average molecular weight is 309 g/mol. The SMILES string of the molecule is Cl.N[C@H](CCC(F)(F)F)c1cc(Cl)cc(Cl)c1. The summed E-state index contributed by atoms with van der Waals surface area (Å²) < 4.78 is 35.9. The highest BCUT2D eigenvalue weighted by atomic mass is 35.5. The van der Waals surface area contributed by atoms with Crippen LogP contribution in [-0.4, -0.2) is 6.18 Å². The molecule has 0 heterocycles. The molecule has 0 bridgehead atoms. The van der Waals surface area contributed by atoms with Gasteiger partial charge >= 0.3 is 6.18 Å². The fraction of sp³-hybridized carbons (Fsp3) is 0.400. The molecule has 0 aliphatic rings. The molecule has 1 aromatic rings. The Hall–Kier alpha value is -0.160. The molecule has 0 saturated heterocycles. The Bertz CT molecular complexity index is 348. The van der Waals surface area contributed by atoms with Crippen molar-refractivity contribution < 1.29 is 13.2 Å². The number of halogens is 6. The summed E-state index contributed by atoms with van der Waals surface area (Å²) in [5, 5.41) is 0.731. The number of benzene rings is 1. The van der Waals surface area contributed by atoms with Gasteiger partial charge < -0.3 is 5.73 Å². The first-order chi connectivity index (χ1) is 7.28. The molecule has 0 fully saturated rings. The lowest BCUT2D eigenvalue weighted by Crippen LogP contribution is -2.15. The van der Waals surface area contributed by atoms with Gasteiger partial charge in [-0.15, -0.1) is 12.4 Å². The minimum Gasteiger partial charge on any atom is -0.324 e. The van der Waals surface area contributed by atoms with Crippen molar-refractivity contribution in [1.82, 2.24) is 0 Å². The van der Waals surface area contributed by atoms with Crippen LogP contribution in [0.25, 0.3) is 0 Å². The molecule has 0 amide bonds. The lowest BCUT2D eigenvalue weighted by atomic mass is 10.0. The van der Waals surface area contributed by atoms with Gasteiger partial charge in [-0.2, -0.15) is 13.2 Å². The van der Waals surface area contributed by atoms with Crippen LogP contribution in [0.3, 0.4) is 0 Å². The van der Waals surface area contributed by atoms with Gasteiger partial charge in [0.15, 0.2) is 0 Å². The summed E-state index contributed by atoms with van der Waals surface area (Å²) in [6.07, 6.45) is -5.29. The Morgan fingerprint density at radius 2 is 1.59 bits per heavy atom. The zero-order valence-corrected chi connectivity index (χ0v) is 10.9. The minimum absolute atomic E-state index is 0. The first kappa shape index (κ1) is 16.8. The molecular weight excluding hydrogens is 297 g/mol. The molecule has 0 saturated carbocycles. The number of hydrogen-bond donors (Lipinski definition) is 1. The number of nitrogens with two attached hydrogens (primary N) is 1. The van der Waals surface area contributed by atoms with Crippen molar-refractivity contribution in [1.29, 1.82) is 0 Å². The first-order valence-corrected chi connectivity index (χ1v) is 5.32. The monoisotopic (exact) mass is 307 g/mol. The van der Waals surface area contributed by atoms with Crippen LogP contribution in [0.15, 0.2) is 18.2 Å². The molecule has 0 aliphatic heterocycles. The molecule has 0 unspecified atom stereocenters. The Balaban J connectivity index is 0.00000256. The van der Waals surface area contributed by atoms with E-state index in [4.69, 9.17) is 28.9 Å². The second-order valence-electron chi connectivity index (χ2n) is 3.46. The van der Waals surface area contributed by atoms with E-state index in [-0.39, 0.29) is 18.8 Å². The second-order valence-corrected chi connectivity index (χ2v) is 4.34. The molecule has 0 spiro atoms. The van der Waals surface area contributed by atoms with Crippen molar-refractivity contribution in [2.24, 2.45) is 5.73 Å². The second kappa shape index (κ2) is 6.69. The summed E-state index contributed by atoms with van der Waals surface area (Å²) in [5.41, 5.74) is 6.14. The number of alkyl halides is 3. The third-order valence-corrected chi connectivity index (χ3v) is 2.49. The topological polar surface area (TPSA) is 26.0 Å². The van der Waals surface area contributed by atoms with E-state index in [1.807, 2.05) is 0 Å². The molecule has 0 aliphatic carbocycles. The molecule has 98 valence electrons. The highest BCUT2D eigenvalue weighted by Gasteiger charge is 2.27. The molecular formula is C10H11Cl3F3N. The van der Waals surface area contributed by atoms with Crippen LogP contribution in [0.1, 0.15) is 24.4 Å². The van der Waals surface area contributed by atoms with Gasteiger partial charge in [0, 0.05) is 22.5 Å². The summed E-state index contributed by atoms with van der Waals surface area (Å²) in [6.45, 7) is 0. The van der Waals surface area contributed by atoms with Crippen LogP contribution >= 0.6 is 35.6 Å². The summed E-state index contributed by atoms with van der Waals surface area (Å²) >= 11 is 11.4. The van der Waals surface area contributed by atoms with Crippen molar-refractivity contribution in [2.75, 3.05) is 0 Å². The van der Waals surface area contributed by atoms with E-state index in [0.717, 1.165) is 0 Å². The Morgan fingerprint density at radius 3 is 2.00 bits per heavy atom. The van der Waals surface area contributed by atoms with E-state index in [1.54, 1.807) is 0 Å². The highest BCUT2D eigenvalue weighted by Crippen LogP contribution is 2.28. The summed E-state index contributed by atoms with van der Waals surface area (Å²) in [4.78, 5) is 0. The van der Waals surface area contributed by atoms with Crippen molar-refractivity contribution >= 4 is 35.6 Å². The average Bonchev–Trinajstić information content (AvgIpc) is 2.11. The van der Waals surface area contributed by atoms with Crippen molar-refractivity contribution in [3.8, 4) is 0 Å². The molecule has 0 aromatic heterocycles. The fourth-order valence-corrected chi connectivity index (χ4v) is 1.82. The van der Waals surface area contributed by atoms with Gasteiger partial charge in [-0.05, 0) is 30.2 Å². The van der Waals surface area contributed by atoms with Crippen LogP contribution < -0.4 is 5.73 Å². The van der Waals surface area contributed by atoms with Crippen LogP contribution in [-0.2, 0) is 0 Å².